The second kappa shape index (κ2) is 8.95. The molecule has 0 saturated heterocycles. The van der Waals surface area contributed by atoms with Gasteiger partial charge in [-0.3, -0.25) is 4.98 Å². The molecule has 1 atom stereocenters. The molecule has 0 aliphatic carbocycles. The topological polar surface area (TPSA) is 92.2 Å². The number of methoxy groups -OCH3 is 1. The van der Waals surface area contributed by atoms with E-state index < -0.39 is 0 Å². The average Bonchev–Trinajstić information content (AvgIpc) is 2.72. The van der Waals surface area contributed by atoms with Crippen molar-refractivity contribution < 1.29 is 9.84 Å². The number of aromatic nitrogens is 3. The normalized spacial score (nSPS) is 11.7. The minimum atomic E-state index is -0.149. The number of benzene rings is 1. The molecule has 7 heteroatoms. The fourth-order valence-corrected chi connectivity index (χ4v) is 2.51. The lowest BCUT2D eigenvalue weighted by Gasteiger charge is -2.14. The van der Waals surface area contributed by atoms with Gasteiger partial charge in [0.15, 0.2) is 0 Å². The van der Waals surface area contributed by atoms with Crippen molar-refractivity contribution in [2.24, 2.45) is 0 Å². The number of rotatable bonds is 8. The highest BCUT2D eigenvalue weighted by molar-refractivity contribution is 5.64. The third-order valence-corrected chi connectivity index (χ3v) is 3.96. The highest BCUT2D eigenvalue weighted by Gasteiger charge is 2.09. The number of hydrogen-bond donors (Lipinski definition) is 3. The molecule has 0 aliphatic heterocycles. The molecule has 0 fully saturated rings. The maximum atomic E-state index is 9.30. The molecule has 3 aromatic rings. The van der Waals surface area contributed by atoms with Crippen LogP contribution in [0, 0.1) is 0 Å². The Morgan fingerprint density at radius 3 is 2.67 bits per heavy atom. The van der Waals surface area contributed by atoms with Crippen LogP contribution in [0.3, 0.4) is 0 Å². The van der Waals surface area contributed by atoms with Crippen LogP contribution in [0.1, 0.15) is 12.5 Å². The summed E-state index contributed by atoms with van der Waals surface area (Å²) in [5, 5.41) is 15.7. The quantitative estimate of drug-likeness (QED) is 0.565. The number of anilines is 2. The molecule has 0 unspecified atom stereocenters. The second-order valence-electron chi connectivity index (χ2n) is 6.13. The van der Waals surface area contributed by atoms with Gasteiger partial charge in [0.2, 0.25) is 5.95 Å². The Labute approximate surface area is 158 Å². The molecule has 27 heavy (non-hydrogen) atoms. The second-order valence-corrected chi connectivity index (χ2v) is 6.13. The Morgan fingerprint density at radius 1 is 1.11 bits per heavy atom. The summed E-state index contributed by atoms with van der Waals surface area (Å²) in [5.74, 6) is 1.96. The van der Waals surface area contributed by atoms with E-state index in [0.29, 0.717) is 18.3 Å². The van der Waals surface area contributed by atoms with E-state index in [2.05, 4.69) is 25.6 Å². The molecule has 7 nitrogen and oxygen atoms in total. The van der Waals surface area contributed by atoms with Gasteiger partial charge in [0.05, 0.1) is 19.4 Å². The summed E-state index contributed by atoms with van der Waals surface area (Å²) < 4.78 is 5.27. The van der Waals surface area contributed by atoms with Gasteiger partial charge in [-0.1, -0.05) is 12.1 Å². The molecule has 140 valence electrons. The summed E-state index contributed by atoms with van der Waals surface area (Å²) in [6.07, 6.45) is 3.45. The van der Waals surface area contributed by atoms with E-state index in [-0.39, 0.29) is 12.6 Å². The zero-order valence-electron chi connectivity index (χ0n) is 15.4. The van der Waals surface area contributed by atoms with E-state index in [1.165, 1.54) is 0 Å². The van der Waals surface area contributed by atoms with Crippen molar-refractivity contribution in [3.63, 3.8) is 0 Å². The lowest BCUT2D eigenvalue weighted by Crippen LogP contribution is -2.21. The molecule has 2 heterocycles. The molecule has 3 N–H and O–H groups in total. The summed E-state index contributed by atoms with van der Waals surface area (Å²) >= 11 is 0. The molecule has 0 spiro atoms. The van der Waals surface area contributed by atoms with E-state index in [0.717, 1.165) is 22.6 Å². The van der Waals surface area contributed by atoms with Crippen LogP contribution in [-0.2, 0) is 6.54 Å². The van der Waals surface area contributed by atoms with Crippen molar-refractivity contribution in [3.8, 4) is 17.0 Å². The number of aliphatic hydroxyl groups is 1. The predicted octanol–water partition coefficient (Wildman–Crippen LogP) is 2.95. The number of ether oxygens (including phenoxy) is 1. The zero-order valence-corrected chi connectivity index (χ0v) is 15.4. The molecule has 0 radical (unpaired) electrons. The van der Waals surface area contributed by atoms with Crippen LogP contribution in [0.2, 0.25) is 0 Å². The smallest absolute Gasteiger partial charge is 0.225 e. The van der Waals surface area contributed by atoms with E-state index in [4.69, 9.17) is 4.74 Å². The zero-order chi connectivity index (χ0) is 19.1. The monoisotopic (exact) mass is 365 g/mol. The number of nitrogens with one attached hydrogen (secondary N) is 2. The Balaban J connectivity index is 1.85. The van der Waals surface area contributed by atoms with Crippen molar-refractivity contribution in [1.29, 1.82) is 0 Å². The van der Waals surface area contributed by atoms with Gasteiger partial charge in [-0.2, -0.15) is 4.98 Å². The van der Waals surface area contributed by atoms with Gasteiger partial charge in [0.25, 0.3) is 0 Å². The van der Waals surface area contributed by atoms with Crippen LogP contribution in [0.5, 0.6) is 5.75 Å². The minimum absolute atomic E-state index is 0.00455. The SMILES string of the molecule is COc1cccc(CNc2cc(-c3ccncc3)nc(N[C@H](C)CO)n2)c1. The molecular weight excluding hydrogens is 342 g/mol. The Hall–Kier alpha value is -3.19. The number of pyridine rings is 1. The maximum absolute atomic E-state index is 9.30. The molecule has 0 amide bonds. The summed E-state index contributed by atoms with van der Waals surface area (Å²) in [6, 6.07) is 13.4. The highest BCUT2D eigenvalue weighted by atomic mass is 16.5. The fourth-order valence-electron chi connectivity index (χ4n) is 2.51. The van der Waals surface area contributed by atoms with Gasteiger partial charge in [-0.25, -0.2) is 4.98 Å². The molecular formula is C20H23N5O2. The Bertz CT molecular complexity index is 873. The summed E-state index contributed by atoms with van der Waals surface area (Å²) in [4.78, 5) is 13.1. The van der Waals surface area contributed by atoms with Gasteiger partial charge in [-0.15, -0.1) is 0 Å². The van der Waals surface area contributed by atoms with Crippen molar-refractivity contribution in [3.05, 3.63) is 60.4 Å². The van der Waals surface area contributed by atoms with Crippen LogP contribution in [0.15, 0.2) is 54.9 Å². The minimum Gasteiger partial charge on any atom is -0.497 e. The standard InChI is InChI=1S/C20H23N5O2/c1-14(13-26)23-20-24-18(16-6-8-21-9-7-16)11-19(25-20)22-12-15-4-3-5-17(10-15)27-2/h3-11,14,26H,12-13H2,1-2H3,(H2,22,23,24,25)/t14-/m1/s1. The van der Waals surface area contributed by atoms with Crippen LogP contribution in [-0.4, -0.2) is 39.8 Å². The van der Waals surface area contributed by atoms with Crippen molar-refractivity contribution in [2.45, 2.75) is 19.5 Å². The number of nitrogens with zero attached hydrogens (tertiary/aromatic N) is 3. The van der Waals surface area contributed by atoms with Gasteiger partial charge < -0.3 is 20.5 Å². The first-order valence-electron chi connectivity index (χ1n) is 8.71. The molecule has 1 aromatic carbocycles. The van der Waals surface area contributed by atoms with Gasteiger partial charge in [-0.05, 0) is 36.8 Å². The van der Waals surface area contributed by atoms with Crippen LogP contribution >= 0.6 is 0 Å². The maximum Gasteiger partial charge on any atom is 0.225 e. The van der Waals surface area contributed by atoms with Crippen LogP contribution in [0.25, 0.3) is 11.3 Å². The molecule has 3 rings (SSSR count). The Morgan fingerprint density at radius 2 is 1.93 bits per heavy atom. The highest BCUT2D eigenvalue weighted by Crippen LogP contribution is 2.22. The Kier molecular flexibility index (Phi) is 6.17. The van der Waals surface area contributed by atoms with Gasteiger partial charge >= 0.3 is 0 Å². The fraction of sp³-hybridized carbons (Fsp3) is 0.250. The van der Waals surface area contributed by atoms with Crippen molar-refractivity contribution in [2.75, 3.05) is 24.4 Å². The van der Waals surface area contributed by atoms with Gasteiger partial charge in [0.1, 0.15) is 11.6 Å². The van der Waals surface area contributed by atoms with E-state index in [1.807, 2.05) is 49.4 Å². The number of hydrogen-bond acceptors (Lipinski definition) is 7. The van der Waals surface area contributed by atoms with E-state index in [1.54, 1.807) is 19.5 Å². The first kappa shape index (κ1) is 18.6. The first-order valence-corrected chi connectivity index (χ1v) is 8.71. The van der Waals surface area contributed by atoms with Crippen LogP contribution in [0.4, 0.5) is 11.8 Å². The van der Waals surface area contributed by atoms with Crippen molar-refractivity contribution >= 4 is 11.8 Å². The molecule has 0 aliphatic rings. The lowest BCUT2D eigenvalue weighted by atomic mass is 10.2. The third kappa shape index (κ3) is 5.15. The van der Waals surface area contributed by atoms with Crippen molar-refractivity contribution in [1.82, 2.24) is 15.0 Å². The summed E-state index contributed by atoms with van der Waals surface area (Å²) in [6.45, 7) is 2.46. The van der Waals surface area contributed by atoms with E-state index in [9.17, 15) is 5.11 Å². The summed E-state index contributed by atoms with van der Waals surface area (Å²) in [7, 11) is 1.65. The molecule has 0 saturated carbocycles. The predicted molar refractivity (Wildman–Crippen MR) is 106 cm³/mol. The molecule has 0 bridgehead atoms. The molecule has 2 aromatic heterocycles. The summed E-state index contributed by atoms with van der Waals surface area (Å²) in [5.41, 5.74) is 2.79. The van der Waals surface area contributed by atoms with Crippen LogP contribution < -0.4 is 15.4 Å². The lowest BCUT2D eigenvalue weighted by molar-refractivity contribution is 0.281. The first-order chi connectivity index (χ1) is 13.2. The van der Waals surface area contributed by atoms with E-state index >= 15 is 0 Å². The third-order valence-electron chi connectivity index (χ3n) is 3.96. The average molecular weight is 365 g/mol. The number of aliphatic hydroxyl groups excluding tert-OH is 1. The van der Waals surface area contributed by atoms with Gasteiger partial charge in [0, 0.05) is 36.6 Å². The largest absolute Gasteiger partial charge is 0.497 e.